The summed E-state index contributed by atoms with van der Waals surface area (Å²) >= 11 is 0. The van der Waals surface area contributed by atoms with Crippen molar-refractivity contribution in [2.24, 2.45) is 0 Å². The van der Waals surface area contributed by atoms with Crippen molar-refractivity contribution in [2.75, 3.05) is 37.3 Å². The first-order valence-electron chi connectivity index (χ1n) is 8.05. The number of nitrogens with zero attached hydrogens (tertiary/aromatic N) is 4. The Hall–Kier alpha value is -2.84. The van der Waals surface area contributed by atoms with Gasteiger partial charge in [-0.15, -0.1) is 0 Å². The van der Waals surface area contributed by atoms with Gasteiger partial charge in [-0.2, -0.15) is 9.61 Å². The lowest BCUT2D eigenvalue weighted by Crippen LogP contribution is -2.31. The summed E-state index contributed by atoms with van der Waals surface area (Å²) in [5.41, 5.74) is 0.929. The molecule has 4 bridgehead atoms. The van der Waals surface area contributed by atoms with Crippen LogP contribution >= 0.6 is 0 Å². The highest BCUT2D eigenvalue weighted by atomic mass is 16.2. The van der Waals surface area contributed by atoms with E-state index in [1.807, 2.05) is 11.0 Å². The van der Waals surface area contributed by atoms with Gasteiger partial charge in [0.2, 0.25) is 5.91 Å². The standard InChI is InChI=1S/C15H19N7O2/c1-16-12-6-11-19-9-5-13(23)21(8-9)4-2-3-17-15(24)10-7-18-22(12)14(10)20-11/h6-7,9,16H,2-5,8H2,1H3,(H,17,24)(H,19,20). The number of aromatic nitrogens is 3. The van der Waals surface area contributed by atoms with Crippen LogP contribution in [-0.4, -0.2) is 64.0 Å². The van der Waals surface area contributed by atoms with Gasteiger partial charge in [-0.3, -0.25) is 9.59 Å². The van der Waals surface area contributed by atoms with Gasteiger partial charge in [-0.25, -0.2) is 4.98 Å². The highest BCUT2D eigenvalue weighted by molar-refractivity contribution is 6.00. The van der Waals surface area contributed by atoms with E-state index in [4.69, 9.17) is 0 Å². The average molecular weight is 329 g/mol. The van der Waals surface area contributed by atoms with Gasteiger partial charge in [0, 0.05) is 39.2 Å². The van der Waals surface area contributed by atoms with Crippen LogP contribution < -0.4 is 16.0 Å². The van der Waals surface area contributed by atoms with E-state index in [1.165, 1.54) is 6.20 Å². The number of amides is 2. The van der Waals surface area contributed by atoms with Crippen molar-refractivity contribution < 1.29 is 9.59 Å². The number of hydrogen-bond donors (Lipinski definition) is 3. The lowest BCUT2D eigenvalue weighted by atomic mass is 10.2. The minimum atomic E-state index is -0.206. The number of anilines is 2. The predicted molar refractivity (Wildman–Crippen MR) is 88.1 cm³/mol. The lowest BCUT2D eigenvalue weighted by molar-refractivity contribution is -0.127. The summed E-state index contributed by atoms with van der Waals surface area (Å²) in [6.07, 6.45) is 2.71. The molecule has 1 fully saturated rings. The summed E-state index contributed by atoms with van der Waals surface area (Å²) in [6, 6.07) is 1.85. The molecule has 24 heavy (non-hydrogen) atoms. The fourth-order valence-electron chi connectivity index (χ4n) is 3.24. The van der Waals surface area contributed by atoms with Gasteiger partial charge in [0.15, 0.2) is 5.65 Å². The first kappa shape index (κ1) is 14.7. The quantitative estimate of drug-likeness (QED) is 0.676. The molecule has 0 radical (unpaired) electrons. The Balaban J connectivity index is 1.79. The van der Waals surface area contributed by atoms with Gasteiger partial charge in [0.05, 0.1) is 12.2 Å². The van der Waals surface area contributed by atoms with E-state index in [0.717, 1.165) is 12.2 Å². The van der Waals surface area contributed by atoms with Crippen LogP contribution in [0.5, 0.6) is 0 Å². The first-order valence-corrected chi connectivity index (χ1v) is 8.05. The monoisotopic (exact) mass is 329 g/mol. The third-order valence-corrected chi connectivity index (χ3v) is 4.43. The third-order valence-electron chi connectivity index (χ3n) is 4.43. The van der Waals surface area contributed by atoms with Crippen LogP contribution in [0.1, 0.15) is 23.2 Å². The second-order valence-corrected chi connectivity index (χ2v) is 6.06. The summed E-state index contributed by atoms with van der Waals surface area (Å²) in [5.74, 6) is 1.27. The Bertz CT molecular complexity index is 816. The van der Waals surface area contributed by atoms with Crippen molar-refractivity contribution in [3.05, 3.63) is 17.8 Å². The molecule has 4 heterocycles. The Morgan fingerprint density at radius 3 is 3.08 bits per heavy atom. The summed E-state index contributed by atoms with van der Waals surface area (Å²) < 4.78 is 1.60. The zero-order chi connectivity index (χ0) is 16.7. The van der Waals surface area contributed by atoms with Gasteiger partial charge >= 0.3 is 0 Å². The Morgan fingerprint density at radius 1 is 1.38 bits per heavy atom. The molecule has 2 aliphatic rings. The van der Waals surface area contributed by atoms with Gasteiger partial charge in [0.25, 0.3) is 5.91 Å². The van der Waals surface area contributed by atoms with Crippen molar-refractivity contribution in [3.63, 3.8) is 0 Å². The van der Waals surface area contributed by atoms with Crippen LogP contribution in [0, 0.1) is 0 Å². The Kier molecular flexibility index (Phi) is 3.47. The molecule has 9 heteroatoms. The molecule has 9 nitrogen and oxygen atoms in total. The highest BCUT2D eigenvalue weighted by Gasteiger charge is 2.30. The van der Waals surface area contributed by atoms with Crippen LogP contribution in [0.3, 0.4) is 0 Å². The van der Waals surface area contributed by atoms with Gasteiger partial charge in [-0.1, -0.05) is 0 Å². The summed E-state index contributed by atoms with van der Waals surface area (Å²) in [5, 5.41) is 13.5. The zero-order valence-electron chi connectivity index (χ0n) is 13.4. The van der Waals surface area contributed by atoms with Crippen molar-refractivity contribution in [2.45, 2.75) is 18.9 Å². The number of nitrogens with one attached hydrogen (secondary N) is 3. The van der Waals surface area contributed by atoms with E-state index >= 15 is 0 Å². The maximum absolute atomic E-state index is 12.4. The molecular weight excluding hydrogens is 310 g/mol. The van der Waals surface area contributed by atoms with Gasteiger partial charge in [-0.05, 0) is 6.42 Å². The fourth-order valence-corrected chi connectivity index (χ4v) is 3.24. The normalized spacial score (nSPS) is 21.0. The molecule has 4 rings (SSSR count). The number of rotatable bonds is 1. The van der Waals surface area contributed by atoms with E-state index in [0.29, 0.717) is 43.1 Å². The summed E-state index contributed by atoms with van der Waals surface area (Å²) in [7, 11) is 1.79. The molecule has 0 saturated carbocycles. The lowest BCUT2D eigenvalue weighted by Gasteiger charge is -2.17. The SMILES string of the molecule is CNc1cc2nc3c(cnn13)C(=O)NCCCN1CC(CC1=O)N2. The minimum Gasteiger partial charge on any atom is -0.373 e. The van der Waals surface area contributed by atoms with Gasteiger partial charge < -0.3 is 20.9 Å². The molecule has 0 aromatic carbocycles. The Morgan fingerprint density at radius 2 is 2.25 bits per heavy atom. The molecule has 1 unspecified atom stereocenters. The molecule has 2 amide bonds. The van der Waals surface area contributed by atoms with Crippen molar-refractivity contribution in [1.82, 2.24) is 24.8 Å². The summed E-state index contributed by atoms with van der Waals surface area (Å²) in [4.78, 5) is 30.9. The van der Waals surface area contributed by atoms with Gasteiger partial charge in [0.1, 0.15) is 17.2 Å². The van der Waals surface area contributed by atoms with Crippen LogP contribution in [-0.2, 0) is 4.79 Å². The topological polar surface area (TPSA) is 104 Å². The van der Waals surface area contributed by atoms with Crippen LogP contribution in [0.4, 0.5) is 11.6 Å². The van der Waals surface area contributed by atoms with Crippen molar-refractivity contribution in [3.8, 4) is 0 Å². The third kappa shape index (κ3) is 2.41. The Labute approximate surface area is 138 Å². The molecular formula is C15H19N7O2. The second-order valence-electron chi connectivity index (χ2n) is 6.06. The highest BCUT2D eigenvalue weighted by Crippen LogP contribution is 2.22. The molecule has 0 spiro atoms. The molecule has 2 aromatic rings. The van der Waals surface area contributed by atoms with E-state index in [-0.39, 0.29) is 17.9 Å². The zero-order valence-corrected chi connectivity index (χ0v) is 13.4. The number of carbonyl (C=O) groups excluding carboxylic acids is 2. The molecule has 2 aromatic heterocycles. The van der Waals surface area contributed by atoms with Crippen LogP contribution in [0.2, 0.25) is 0 Å². The maximum atomic E-state index is 12.4. The van der Waals surface area contributed by atoms with Crippen molar-refractivity contribution >= 4 is 29.1 Å². The molecule has 3 N–H and O–H groups in total. The molecule has 0 aliphatic carbocycles. The van der Waals surface area contributed by atoms with E-state index < -0.39 is 0 Å². The van der Waals surface area contributed by atoms with E-state index in [1.54, 1.807) is 11.6 Å². The smallest absolute Gasteiger partial charge is 0.256 e. The van der Waals surface area contributed by atoms with E-state index in [9.17, 15) is 9.59 Å². The summed E-state index contributed by atoms with van der Waals surface area (Å²) in [6.45, 7) is 1.81. The van der Waals surface area contributed by atoms with Crippen LogP contribution in [0.25, 0.3) is 5.65 Å². The number of carbonyl (C=O) groups is 2. The van der Waals surface area contributed by atoms with E-state index in [2.05, 4.69) is 26.0 Å². The number of fused-ring (bicyclic) bond motifs is 3. The molecule has 2 aliphatic heterocycles. The fraction of sp³-hybridized carbons (Fsp3) is 0.467. The molecule has 126 valence electrons. The molecule has 1 atom stereocenters. The van der Waals surface area contributed by atoms with Crippen molar-refractivity contribution in [1.29, 1.82) is 0 Å². The van der Waals surface area contributed by atoms with Crippen LogP contribution in [0.15, 0.2) is 12.3 Å². The average Bonchev–Trinajstić information content (AvgIpc) is 3.13. The molecule has 1 saturated heterocycles. The minimum absolute atomic E-state index is 0.0212. The second kappa shape index (κ2) is 5.66. The first-order chi connectivity index (χ1) is 11.7. The number of hydrogen-bond acceptors (Lipinski definition) is 6. The predicted octanol–water partition coefficient (Wildman–Crippen LogP) is -0.0827. The maximum Gasteiger partial charge on any atom is 0.256 e. The largest absolute Gasteiger partial charge is 0.373 e.